The van der Waals surface area contributed by atoms with Crippen LogP contribution in [0.3, 0.4) is 0 Å². The van der Waals surface area contributed by atoms with E-state index >= 15 is 0 Å². The number of carbonyl (C=O) groups excluding carboxylic acids is 3. The van der Waals surface area contributed by atoms with Crippen molar-refractivity contribution in [3.05, 3.63) is 297 Å². The van der Waals surface area contributed by atoms with Gasteiger partial charge < -0.3 is 89.2 Å². The molecule has 6 heterocycles. The zero-order valence-corrected chi connectivity index (χ0v) is 76.6. The van der Waals surface area contributed by atoms with Crippen LogP contribution in [-0.4, -0.2) is 124 Å². The molecule has 0 spiro atoms. The number of hydrogen-bond acceptors (Lipinski definition) is 19. The first-order valence-electron chi connectivity index (χ1n) is 41.0. The fourth-order valence-electron chi connectivity index (χ4n) is 13.6. The fraction of sp³-hybridized carbons (Fsp3) is 0.362. The predicted octanol–water partition coefficient (Wildman–Crippen LogP) is 23.9. The number of aryl methyl sites for hydroxylation is 1. The minimum atomic E-state index is -1.13. The molecule has 2 saturated heterocycles. The van der Waals surface area contributed by atoms with Gasteiger partial charge in [0.15, 0.2) is 5.78 Å². The molecular formula is C105H134Br3N3O20. The highest BCUT2D eigenvalue weighted by molar-refractivity contribution is 9.11. The molecule has 710 valence electrons. The summed E-state index contributed by atoms with van der Waals surface area (Å²) in [7, 11) is 0. The van der Waals surface area contributed by atoms with Crippen LogP contribution >= 0.6 is 47.8 Å². The monoisotopic (exact) mass is 1990 g/mol. The molecular weight excluding hydrogens is 1860 g/mol. The van der Waals surface area contributed by atoms with Crippen LogP contribution in [0.2, 0.25) is 0 Å². The number of halogens is 3. The van der Waals surface area contributed by atoms with E-state index in [0.717, 1.165) is 146 Å². The number of allylic oxidation sites excluding steroid dienone is 1. The number of aliphatic carboxylic acids is 1. The van der Waals surface area contributed by atoms with Crippen molar-refractivity contribution >= 4 is 102 Å². The van der Waals surface area contributed by atoms with Crippen molar-refractivity contribution in [2.24, 2.45) is 5.73 Å². The molecule has 0 saturated carbocycles. The van der Waals surface area contributed by atoms with E-state index in [1.807, 2.05) is 150 Å². The Hall–Kier alpha value is -10.8. The number of carboxylic acids is 2. The van der Waals surface area contributed by atoms with Crippen molar-refractivity contribution in [1.82, 2.24) is 9.80 Å². The summed E-state index contributed by atoms with van der Waals surface area (Å²) in [5.41, 5.74) is 19.5. The topological polar surface area (TPSA) is 333 Å². The number of aliphatic hydroxyl groups is 2. The van der Waals surface area contributed by atoms with Gasteiger partial charge in [0.05, 0.1) is 39.6 Å². The Morgan fingerprint density at radius 3 is 1.11 bits per heavy atom. The third kappa shape index (κ3) is 36.4. The normalized spacial score (nSPS) is 15.5. The predicted molar refractivity (Wildman–Crippen MR) is 532 cm³/mol. The number of hydrogen-bond donors (Lipinski definition) is 8. The van der Waals surface area contributed by atoms with Crippen LogP contribution in [0.15, 0.2) is 214 Å². The van der Waals surface area contributed by atoms with E-state index in [4.69, 9.17) is 74.3 Å². The first kappa shape index (κ1) is 114. The van der Waals surface area contributed by atoms with Crippen molar-refractivity contribution in [2.75, 3.05) is 26.2 Å². The molecule has 0 atom stereocenters. The second kappa shape index (κ2) is 53.7. The molecule has 6 aliphatic rings. The number of aromatic carboxylic acids is 1. The third-order valence-corrected chi connectivity index (χ3v) is 22.1. The molecule has 9 N–H and O–H groups in total. The summed E-state index contributed by atoms with van der Waals surface area (Å²) in [5.74, 6) is -0.0977. The van der Waals surface area contributed by atoms with E-state index in [1.165, 1.54) is 41.8 Å². The Bertz CT molecular complexity index is 5260. The number of carboxylic acid groups (broad SMARTS) is 2. The molecule has 131 heavy (non-hydrogen) atoms. The Balaban J connectivity index is 0.000000404. The van der Waals surface area contributed by atoms with Crippen molar-refractivity contribution in [3.63, 3.8) is 0 Å². The number of amides is 2. The lowest BCUT2D eigenvalue weighted by molar-refractivity contribution is -0.180. The van der Waals surface area contributed by atoms with E-state index in [9.17, 15) is 29.1 Å². The van der Waals surface area contributed by atoms with Crippen LogP contribution in [0, 0.1) is 0 Å². The van der Waals surface area contributed by atoms with Crippen LogP contribution in [0.5, 0.6) is 40.2 Å². The molecule has 0 bridgehead atoms. The Kier molecular flexibility index (Phi) is 46.9. The van der Waals surface area contributed by atoms with Gasteiger partial charge in [0.1, 0.15) is 45.8 Å². The van der Waals surface area contributed by atoms with Gasteiger partial charge in [-0.1, -0.05) is 215 Å². The number of carbonyl (C=O) groups is 5. The lowest BCUT2D eigenvalue weighted by Gasteiger charge is -2.32. The average molecular weight is 2000 g/mol. The van der Waals surface area contributed by atoms with Gasteiger partial charge in [0.25, 0.3) is 0 Å². The second-order valence-corrected chi connectivity index (χ2v) is 34.7. The number of fused-ring (bicyclic) bond motifs is 4. The van der Waals surface area contributed by atoms with Gasteiger partial charge in [-0.25, -0.2) is 9.59 Å². The molecule has 15 rings (SSSR count). The largest absolute Gasteiger partial charge is 0.508 e. The zero-order chi connectivity index (χ0) is 90.8. The van der Waals surface area contributed by atoms with E-state index in [0.29, 0.717) is 60.4 Å². The molecule has 26 heteroatoms. The van der Waals surface area contributed by atoms with E-state index in [-0.39, 0.29) is 98.2 Å². The highest BCUT2D eigenvalue weighted by Gasteiger charge is 2.32. The molecule has 9 aromatic rings. The van der Waals surface area contributed by atoms with Gasteiger partial charge >= 0.3 is 11.9 Å². The summed E-state index contributed by atoms with van der Waals surface area (Å²) < 4.78 is 47.6. The summed E-state index contributed by atoms with van der Waals surface area (Å²) in [6, 6.07) is 54.8. The summed E-state index contributed by atoms with van der Waals surface area (Å²) in [6.07, 6.45) is 17.8. The quantitative estimate of drug-likeness (QED) is 0.0442. The summed E-state index contributed by atoms with van der Waals surface area (Å²) in [6.45, 7) is 24.3. The van der Waals surface area contributed by atoms with Gasteiger partial charge in [0, 0.05) is 153 Å². The molecule has 0 aliphatic carbocycles. The van der Waals surface area contributed by atoms with Gasteiger partial charge in [-0.15, -0.1) is 0 Å². The van der Waals surface area contributed by atoms with Crippen molar-refractivity contribution in [2.45, 2.75) is 227 Å². The molecule has 9 aromatic carbocycles. The maximum Gasteiger partial charge on any atom is 0.339 e. The van der Waals surface area contributed by atoms with Gasteiger partial charge in [-0.3, -0.25) is 14.4 Å². The fourth-order valence-corrected chi connectivity index (χ4v) is 14.6. The van der Waals surface area contributed by atoms with E-state index in [1.54, 1.807) is 72.8 Å². The van der Waals surface area contributed by atoms with Crippen LogP contribution in [0.4, 0.5) is 0 Å². The number of likely N-dealkylation sites (tertiary alicyclic amines) is 2. The minimum absolute atomic E-state index is 0. The summed E-state index contributed by atoms with van der Waals surface area (Å²) in [5, 5.41) is 62.7. The lowest BCUT2D eigenvalue weighted by Crippen LogP contribution is -2.36. The molecule has 0 radical (unpaired) electrons. The zero-order valence-electron chi connectivity index (χ0n) is 71.9. The maximum absolute atomic E-state index is 12.7. The van der Waals surface area contributed by atoms with Crippen LogP contribution in [0.1, 0.15) is 240 Å². The first-order chi connectivity index (χ1) is 59.4. The van der Waals surface area contributed by atoms with Crippen LogP contribution in [0.25, 0.3) is 24.3 Å². The first-order valence-corrected chi connectivity index (χ1v) is 43.4. The molecule has 2 fully saturated rings. The lowest BCUT2D eigenvalue weighted by atomic mass is 9.88. The smallest absolute Gasteiger partial charge is 0.339 e. The molecule has 0 aromatic heterocycles. The highest BCUT2D eigenvalue weighted by atomic mass is 79.9. The number of aromatic hydroxyl groups is 3. The Morgan fingerprint density at radius 2 is 0.740 bits per heavy atom. The van der Waals surface area contributed by atoms with Crippen molar-refractivity contribution < 1.29 is 97.6 Å². The average Bonchev–Trinajstić information content (AvgIpc) is 0.811. The molecule has 0 unspecified atom stereocenters. The molecule has 6 aliphatic heterocycles. The SMILES string of the molecule is C.C.C.C.C.C.CC(=O)/C=C/c1ccc2c(c1)OC(C)(C)OC2.CC1(C)OCc2ccc(/C=C/C(=O)O)cc2O1.CC1(C)OCc2ccc(Br)cc2O1.CCc1cccc(C2CCN(C(=O)/C=C/c3ccc4c(c3)OC(C)(C)OC4)CC2)c1.NCc1cccc(C2CCN(C(=O)/C=C/c3ccc(CO)c(O)c3)CC2)c1.O=C(O)c1ccc(Br)cc1O.OCc1ccc(Br)cc1O. The molecule has 23 nitrogen and oxygen atoms in total. The van der Waals surface area contributed by atoms with E-state index in [2.05, 4.69) is 97.2 Å². The standard InChI is InChI=1S/C26H31NO3.C22H26N2O3.C14H16O3.C13H14O4.C10H11BrO2.C7H5BrO3.C7H7BrO2.6CH4/c1-4-19-6-5-7-22(16-19)21-12-14-27(15-13-21)25(28)11-9-20-8-10-23-18-29-26(2,3)30-24(23)17-20;23-14-17-2-1-3-19(12-17)18-8-10-24(11-9-18)22(27)7-5-16-4-6-20(15-25)21(26)13-16;1-10(15)4-5-11-6-7-12-9-16-14(2,3)17-13(12)8-11;1-13(2)16-8-10-5-3-9(4-6-12(14)15)7-11(10)17-13;1-10(2)12-6-7-3-4-8(11)5-9(7)13-10;8-4-1-2-5(7(10)11)6(9)3-4;8-6-2-1-5(4-9)7(10)3-6;;;;;;/h5-11,16-17,21H,4,12-15,18H2,1-3H3;1-7,12-13,18,25-26H,8-11,14-15,23H2;4-8H,9H2,1-3H3;3-7H,8H2,1-2H3,(H,14,15);3-5H,6H2,1-2H3;1-3,9H,(H,10,11);1-3,9-10H,4H2;6*1H4/b11-9+;7-5+;5-4+;6-4+;;;;;;;;;. The minimum Gasteiger partial charge on any atom is -0.508 e. The Morgan fingerprint density at radius 1 is 0.412 bits per heavy atom. The molecule has 2 amide bonds. The van der Waals surface area contributed by atoms with Gasteiger partial charge in [-0.05, 0) is 186 Å². The maximum atomic E-state index is 12.7. The number of rotatable bonds is 15. The van der Waals surface area contributed by atoms with Gasteiger partial charge in [-0.2, -0.15) is 0 Å². The summed E-state index contributed by atoms with van der Waals surface area (Å²) in [4.78, 5) is 60.6. The van der Waals surface area contributed by atoms with E-state index < -0.39 is 35.1 Å². The van der Waals surface area contributed by atoms with Crippen molar-refractivity contribution in [3.8, 4) is 40.2 Å². The van der Waals surface area contributed by atoms with Crippen LogP contribution < -0.4 is 24.7 Å². The Labute approximate surface area is 800 Å². The number of nitrogens with two attached hydrogens (primary N) is 1. The number of phenols is 3. The number of ketones is 1. The van der Waals surface area contributed by atoms with Gasteiger partial charge in [0.2, 0.25) is 35.0 Å². The number of aliphatic hydroxyl groups excluding tert-OH is 2. The summed E-state index contributed by atoms with van der Waals surface area (Å²) >= 11 is 9.68. The highest BCUT2D eigenvalue weighted by Crippen LogP contribution is 2.39. The van der Waals surface area contributed by atoms with Crippen molar-refractivity contribution in [1.29, 1.82) is 0 Å². The number of piperidine rings is 2. The number of ether oxygens (including phenoxy) is 8. The van der Waals surface area contributed by atoms with Crippen LogP contribution in [-0.2, 0) is 90.7 Å². The number of nitrogens with zero attached hydrogens (tertiary/aromatic N) is 2. The third-order valence-electron chi connectivity index (χ3n) is 20.6. The second-order valence-electron chi connectivity index (χ2n) is 32.0. The number of benzene rings is 9.